The monoisotopic (exact) mass is 510 g/mol. The molecule has 35 heavy (non-hydrogen) atoms. The van der Waals surface area contributed by atoms with Gasteiger partial charge >= 0.3 is 6.18 Å². The van der Waals surface area contributed by atoms with Gasteiger partial charge in [-0.1, -0.05) is 6.92 Å². The number of amides is 1. The lowest BCUT2D eigenvalue weighted by Crippen LogP contribution is -2.26. The molecule has 2 heterocycles. The van der Waals surface area contributed by atoms with Crippen molar-refractivity contribution in [3.8, 4) is 0 Å². The number of aromatic nitrogens is 4. The normalized spacial score (nSPS) is 11.8. The summed E-state index contributed by atoms with van der Waals surface area (Å²) < 4.78 is 67.8. The molecule has 0 aliphatic rings. The van der Waals surface area contributed by atoms with E-state index in [0.717, 1.165) is 6.20 Å². The van der Waals surface area contributed by atoms with Gasteiger partial charge < -0.3 is 16.0 Å². The van der Waals surface area contributed by atoms with Crippen LogP contribution in [0.2, 0.25) is 0 Å². The molecule has 0 bridgehead atoms. The van der Waals surface area contributed by atoms with Gasteiger partial charge in [0.05, 0.1) is 12.2 Å². The third kappa shape index (κ3) is 5.99. The minimum absolute atomic E-state index is 0.0893. The number of alkyl halides is 3. The molecule has 11 nitrogen and oxygen atoms in total. The Morgan fingerprint density at radius 3 is 2.37 bits per heavy atom. The number of primary amides is 1. The molecule has 3 rings (SSSR count). The lowest BCUT2D eigenvalue weighted by molar-refractivity contribution is -0.137. The first-order chi connectivity index (χ1) is 16.4. The first-order valence-corrected chi connectivity index (χ1v) is 11.5. The van der Waals surface area contributed by atoms with E-state index in [9.17, 15) is 26.4 Å². The van der Waals surface area contributed by atoms with Crippen molar-refractivity contribution < 1.29 is 26.4 Å². The lowest BCUT2D eigenvalue weighted by Gasteiger charge is -2.20. The fraction of sp³-hybridized carbons (Fsp3) is 0.250. The Morgan fingerprint density at radius 2 is 1.77 bits per heavy atom. The summed E-state index contributed by atoms with van der Waals surface area (Å²) in [5.41, 5.74) is 4.70. The van der Waals surface area contributed by atoms with Crippen molar-refractivity contribution in [3.05, 3.63) is 59.7 Å². The van der Waals surface area contributed by atoms with Crippen LogP contribution in [0.25, 0.3) is 0 Å². The maximum atomic E-state index is 13.6. The van der Waals surface area contributed by atoms with Gasteiger partial charge in [0.2, 0.25) is 11.9 Å². The standard InChI is InChI=1S/C20H21F3N8O3S/c1-3-29-35(33,34)18-15(25-8-9-26-18)11-27-17-14(20(21,22)23)10-28-19(30-17)31(2)13-6-4-12(5-7-13)16(24)32/h4-10,29H,3,11H2,1-2H3,(H2,24,32)(H,27,28,30). The van der Waals surface area contributed by atoms with Gasteiger partial charge in [0, 0.05) is 43.4 Å². The number of nitrogens with two attached hydrogens (primary N) is 1. The summed E-state index contributed by atoms with van der Waals surface area (Å²) in [4.78, 5) is 28.2. The zero-order valence-corrected chi connectivity index (χ0v) is 19.4. The van der Waals surface area contributed by atoms with Gasteiger partial charge in [0.25, 0.3) is 10.0 Å². The predicted octanol–water partition coefficient (Wildman–Crippen LogP) is 2.06. The molecule has 3 aromatic rings. The van der Waals surface area contributed by atoms with E-state index in [-0.39, 0.29) is 23.8 Å². The van der Waals surface area contributed by atoms with Crippen LogP contribution in [0.5, 0.6) is 0 Å². The fourth-order valence-electron chi connectivity index (χ4n) is 2.97. The summed E-state index contributed by atoms with van der Waals surface area (Å²) in [5, 5.41) is 2.09. The van der Waals surface area contributed by atoms with E-state index in [0.29, 0.717) is 11.9 Å². The van der Waals surface area contributed by atoms with E-state index in [1.807, 2.05) is 0 Å². The second kappa shape index (κ2) is 10.2. The van der Waals surface area contributed by atoms with E-state index in [1.165, 1.54) is 42.4 Å². The molecule has 0 aliphatic carbocycles. The van der Waals surface area contributed by atoms with Crippen molar-refractivity contribution in [1.29, 1.82) is 0 Å². The molecule has 4 N–H and O–H groups in total. The van der Waals surface area contributed by atoms with Gasteiger partial charge in [-0.3, -0.25) is 9.78 Å². The molecule has 0 saturated carbocycles. The molecule has 0 fully saturated rings. The molecular formula is C20H21F3N8O3S. The van der Waals surface area contributed by atoms with Gasteiger partial charge in [-0.05, 0) is 24.3 Å². The summed E-state index contributed by atoms with van der Waals surface area (Å²) in [7, 11) is -2.49. The van der Waals surface area contributed by atoms with Crippen LogP contribution in [-0.4, -0.2) is 47.9 Å². The predicted molar refractivity (Wildman–Crippen MR) is 120 cm³/mol. The van der Waals surface area contributed by atoms with Crippen molar-refractivity contribution in [3.63, 3.8) is 0 Å². The third-order valence-corrected chi connectivity index (χ3v) is 6.19. The molecule has 0 spiro atoms. The number of halogens is 3. The molecule has 15 heteroatoms. The SMILES string of the molecule is CCNS(=O)(=O)c1nccnc1CNc1nc(N(C)c2ccc(C(N)=O)cc2)ncc1C(F)(F)F. The van der Waals surface area contributed by atoms with E-state index in [1.54, 1.807) is 6.92 Å². The highest BCUT2D eigenvalue weighted by atomic mass is 32.2. The summed E-state index contributed by atoms with van der Waals surface area (Å²) in [6.07, 6.45) is -1.78. The topological polar surface area (TPSA) is 156 Å². The Morgan fingerprint density at radius 1 is 1.11 bits per heavy atom. The number of nitrogens with zero attached hydrogens (tertiary/aromatic N) is 5. The second-order valence-electron chi connectivity index (χ2n) is 7.06. The first kappa shape index (κ1) is 25.8. The van der Waals surface area contributed by atoms with Gasteiger partial charge in [-0.25, -0.2) is 23.1 Å². The number of hydrogen-bond donors (Lipinski definition) is 3. The summed E-state index contributed by atoms with van der Waals surface area (Å²) >= 11 is 0. The van der Waals surface area contributed by atoms with Crippen molar-refractivity contribution in [2.75, 3.05) is 23.8 Å². The Labute approximate surface area is 198 Å². The van der Waals surface area contributed by atoms with Gasteiger partial charge in [-0.2, -0.15) is 18.2 Å². The molecule has 0 atom stereocenters. The highest BCUT2D eigenvalue weighted by Crippen LogP contribution is 2.35. The van der Waals surface area contributed by atoms with Crippen LogP contribution < -0.4 is 20.7 Å². The number of anilines is 3. The van der Waals surface area contributed by atoms with Gasteiger partial charge in [0.1, 0.15) is 11.4 Å². The molecule has 186 valence electrons. The molecule has 2 aromatic heterocycles. The Balaban J connectivity index is 1.95. The number of carbonyl (C=O) groups is 1. The zero-order valence-electron chi connectivity index (χ0n) is 18.5. The van der Waals surface area contributed by atoms with E-state index < -0.39 is 45.1 Å². The number of sulfonamides is 1. The average molecular weight is 511 g/mol. The summed E-state index contributed by atoms with van der Waals surface area (Å²) in [5.74, 6) is -1.30. The number of rotatable bonds is 9. The largest absolute Gasteiger partial charge is 0.421 e. The average Bonchev–Trinajstić information content (AvgIpc) is 2.81. The second-order valence-corrected chi connectivity index (χ2v) is 8.75. The number of hydrogen-bond acceptors (Lipinski definition) is 9. The van der Waals surface area contributed by atoms with Crippen LogP contribution in [-0.2, 0) is 22.7 Å². The first-order valence-electron chi connectivity index (χ1n) is 10.0. The summed E-state index contributed by atoms with van der Waals surface area (Å²) in [6, 6.07) is 5.98. The number of nitrogens with one attached hydrogen (secondary N) is 2. The number of benzene rings is 1. The Bertz CT molecular complexity index is 1320. The van der Waals surface area contributed by atoms with Crippen LogP contribution in [0.15, 0.2) is 47.9 Å². The minimum Gasteiger partial charge on any atom is -0.366 e. The highest BCUT2D eigenvalue weighted by molar-refractivity contribution is 7.89. The molecule has 0 radical (unpaired) electrons. The van der Waals surface area contributed by atoms with Gasteiger partial charge in [-0.15, -0.1) is 0 Å². The fourth-order valence-corrected chi connectivity index (χ4v) is 4.12. The molecule has 1 aromatic carbocycles. The third-order valence-electron chi connectivity index (χ3n) is 4.67. The van der Waals surface area contributed by atoms with Crippen LogP contribution in [0, 0.1) is 0 Å². The van der Waals surface area contributed by atoms with Crippen LogP contribution in [0.3, 0.4) is 0 Å². The van der Waals surface area contributed by atoms with Crippen molar-refractivity contribution in [1.82, 2.24) is 24.7 Å². The van der Waals surface area contributed by atoms with Crippen LogP contribution in [0.4, 0.5) is 30.6 Å². The van der Waals surface area contributed by atoms with Crippen molar-refractivity contribution in [2.24, 2.45) is 5.73 Å². The maximum absolute atomic E-state index is 13.6. The summed E-state index contributed by atoms with van der Waals surface area (Å²) in [6.45, 7) is 1.25. The Kier molecular flexibility index (Phi) is 7.50. The smallest absolute Gasteiger partial charge is 0.366 e. The van der Waals surface area contributed by atoms with Crippen molar-refractivity contribution >= 4 is 33.4 Å². The van der Waals surface area contributed by atoms with Crippen LogP contribution >= 0.6 is 0 Å². The minimum atomic E-state index is -4.79. The van der Waals surface area contributed by atoms with Crippen molar-refractivity contribution in [2.45, 2.75) is 24.7 Å². The molecule has 1 amide bonds. The van der Waals surface area contributed by atoms with E-state index in [4.69, 9.17) is 5.73 Å². The maximum Gasteiger partial charge on any atom is 0.421 e. The molecule has 0 saturated heterocycles. The number of carbonyl (C=O) groups excluding carboxylic acids is 1. The van der Waals surface area contributed by atoms with E-state index in [2.05, 4.69) is 30.0 Å². The van der Waals surface area contributed by atoms with Crippen LogP contribution in [0.1, 0.15) is 28.5 Å². The highest BCUT2D eigenvalue weighted by Gasteiger charge is 2.35. The zero-order chi connectivity index (χ0) is 25.8. The lowest BCUT2D eigenvalue weighted by atomic mass is 10.2. The Hall–Kier alpha value is -3.85. The van der Waals surface area contributed by atoms with Gasteiger partial charge in [0.15, 0.2) is 5.03 Å². The molecule has 0 aliphatic heterocycles. The molecular weight excluding hydrogens is 489 g/mol. The quantitative estimate of drug-likeness (QED) is 0.392. The molecule has 0 unspecified atom stereocenters. The van der Waals surface area contributed by atoms with E-state index >= 15 is 0 Å².